The minimum Gasteiger partial charge on any atom is -0.382 e. The number of carbonyl (C=O) groups is 1. The van der Waals surface area contributed by atoms with Crippen LogP contribution in [0.1, 0.15) is 20.8 Å². The van der Waals surface area contributed by atoms with Gasteiger partial charge in [-0.25, -0.2) is 0 Å². The van der Waals surface area contributed by atoms with E-state index in [-0.39, 0.29) is 18.0 Å². The lowest BCUT2D eigenvalue weighted by molar-refractivity contribution is -0.120. The summed E-state index contributed by atoms with van der Waals surface area (Å²) in [6.45, 7) is 6.07. The van der Waals surface area contributed by atoms with Crippen LogP contribution in [0, 0.1) is 0 Å². The number of carbonyl (C=O) groups excluding carboxylic acids is 1. The number of rotatable bonds is 4. The summed E-state index contributed by atoms with van der Waals surface area (Å²) in [4.78, 5) is 12.5. The summed E-state index contributed by atoms with van der Waals surface area (Å²) < 4.78 is 4.04. The molecule has 96 valence electrons. The van der Waals surface area contributed by atoms with Crippen molar-refractivity contribution in [2.75, 3.05) is 23.9 Å². The Morgan fingerprint density at radius 1 is 1.53 bits per heavy atom. The Kier molecular flexibility index (Phi) is 4.64. The number of nitrogen functional groups attached to an aromatic ring is 1. The summed E-state index contributed by atoms with van der Waals surface area (Å²) in [5, 5.41) is 6.78. The first-order valence-corrected chi connectivity index (χ1v) is 7.17. The van der Waals surface area contributed by atoms with E-state index in [1.165, 1.54) is 23.3 Å². The molecule has 0 saturated heterocycles. The van der Waals surface area contributed by atoms with Crippen LogP contribution in [0.4, 0.5) is 10.8 Å². The molecule has 0 saturated carbocycles. The second-order valence-electron chi connectivity index (χ2n) is 4.58. The van der Waals surface area contributed by atoms with Gasteiger partial charge in [-0.2, -0.15) is 4.37 Å². The zero-order chi connectivity index (χ0) is 13.1. The van der Waals surface area contributed by atoms with E-state index < -0.39 is 0 Å². The molecule has 1 heterocycles. The maximum absolute atomic E-state index is 11.6. The third-order valence-electron chi connectivity index (χ3n) is 1.80. The standard InChI is InChI=1S/C10H18N4OS2/c1-10(2,3)13-6(15)5-12-9-7(16-4)8(11)14-17-9/h12H,5H2,1-4H3,(H2,11,14)(H,13,15). The number of nitrogens with zero attached hydrogens (tertiary/aromatic N) is 1. The van der Waals surface area contributed by atoms with Crippen molar-refractivity contribution in [2.45, 2.75) is 31.2 Å². The molecule has 0 radical (unpaired) electrons. The smallest absolute Gasteiger partial charge is 0.239 e. The van der Waals surface area contributed by atoms with Crippen LogP contribution in [0.2, 0.25) is 0 Å². The Hall–Kier alpha value is -0.950. The Labute approximate surface area is 110 Å². The maximum Gasteiger partial charge on any atom is 0.239 e. The van der Waals surface area contributed by atoms with Gasteiger partial charge in [0.25, 0.3) is 0 Å². The van der Waals surface area contributed by atoms with Crippen LogP contribution >= 0.6 is 23.3 Å². The van der Waals surface area contributed by atoms with E-state index in [2.05, 4.69) is 15.0 Å². The number of nitrogens with one attached hydrogen (secondary N) is 2. The van der Waals surface area contributed by atoms with E-state index in [4.69, 9.17) is 5.73 Å². The van der Waals surface area contributed by atoms with Crippen LogP contribution in [-0.2, 0) is 4.79 Å². The highest BCUT2D eigenvalue weighted by molar-refractivity contribution is 7.99. The SMILES string of the molecule is CSc1c(N)nsc1NCC(=O)NC(C)(C)C. The topological polar surface area (TPSA) is 80.0 Å². The fourth-order valence-corrected chi connectivity index (χ4v) is 2.76. The fourth-order valence-electron chi connectivity index (χ4n) is 1.23. The van der Waals surface area contributed by atoms with E-state index in [1.54, 1.807) is 0 Å². The highest BCUT2D eigenvalue weighted by atomic mass is 32.2. The Balaban J connectivity index is 2.53. The van der Waals surface area contributed by atoms with Crippen LogP contribution in [0.15, 0.2) is 4.90 Å². The van der Waals surface area contributed by atoms with Crippen LogP contribution in [0.25, 0.3) is 0 Å². The molecule has 0 unspecified atom stereocenters. The summed E-state index contributed by atoms with van der Waals surface area (Å²) in [6.07, 6.45) is 1.93. The minimum atomic E-state index is -0.214. The maximum atomic E-state index is 11.6. The number of nitrogens with two attached hydrogens (primary N) is 1. The summed E-state index contributed by atoms with van der Waals surface area (Å²) >= 11 is 2.80. The van der Waals surface area contributed by atoms with Crippen molar-refractivity contribution in [3.8, 4) is 0 Å². The summed E-state index contributed by atoms with van der Waals surface area (Å²) in [6, 6.07) is 0. The quantitative estimate of drug-likeness (QED) is 0.729. The van der Waals surface area contributed by atoms with E-state index in [0.717, 1.165) is 9.90 Å². The molecule has 0 aliphatic rings. The Bertz CT molecular complexity index is 398. The third kappa shape index (κ3) is 4.43. The average molecular weight is 274 g/mol. The monoisotopic (exact) mass is 274 g/mol. The second kappa shape index (κ2) is 5.59. The first-order valence-electron chi connectivity index (χ1n) is 5.17. The second-order valence-corrected chi connectivity index (χ2v) is 6.17. The minimum absolute atomic E-state index is 0.0449. The predicted molar refractivity (Wildman–Crippen MR) is 74.7 cm³/mol. The van der Waals surface area contributed by atoms with Gasteiger partial charge in [0.2, 0.25) is 5.91 Å². The van der Waals surface area contributed by atoms with Gasteiger partial charge in [-0.05, 0) is 38.6 Å². The Morgan fingerprint density at radius 3 is 2.71 bits per heavy atom. The van der Waals surface area contributed by atoms with Crippen molar-refractivity contribution in [3.05, 3.63) is 0 Å². The van der Waals surface area contributed by atoms with E-state index >= 15 is 0 Å². The zero-order valence-corrected chi connectivity index (χ0v) is 12.1. The van der Waals surface area contributed by atoms with Crippen molar-refractivity contribution in [1.29, 1.82) is 0 Å². The van der Waals surface area contributed by atoms with Crippen LogP contribution in [-0.4, -0.2) is 28.6 Å². The number of anilines is 2. The van der Waals surface area contributed by atoms with Gasteiger partial charge in [0, 0.05) is 5.54 Å². The molecule has 7 heteroatoms. The van der Waals surface area contributed by atoms with Gasteiger partial charge < -0.3 is 16.4 Å². The van der Waals surface area contributed by atoms with Gasteiger partial charge in [-0.1, -0.05) is 0 Å². The number of hydrogen-bond acceptors (Lipinski definition) is 6. The molecular formula is C10H18N4OS2. The summed E-state index contributed by atoms with van der Waals surface area (Å²) in [5.74, 6) is 0.470. The lowest BCUT2D eigenvalue weighted by atomic mass is 10.1. The lowest BCUT2D eigenvalue weighted by Gasteiger charge is -2.20. The van der Waals surface area contributed by atoms with Crippen LogP contribution in [0.5, 0.6) is 0 Å². The van der Waals surface area contributed by atoms with Crippen molar-refractivity contribution in [2.24, 2.45) is 0 Å². The molecule has 0 aliphatic heterocycles. The molecule has 1 amide bonds. The third-order valence-corrected chi connectivity index (χ3v) is 3.57. The molecule has 0 bridgehead atoms. The Morgan fingerprint density at radius 2 is 2.18 bits per heavy atom. The number of hydrogen-bond donors (Lipinski definition) is 3. The molecule has 0 atom stereocenters. The highest BCUT2D eigenvalue weighted by Crippen LogP contribution is 2.34. The van der Waals surface area contributed by atoms with Gasteiger partial charge in [0.1, 0.15) is 5.00 Å². The van der Waals surface area contributed by atoms with Crippen molar-refractivity contribution >= 4 is 40.0 Å². The molecule has 0 fully saturated rings. The van der Waals surface area contributed by atoms with Crippen molar-refractivity contribution in [3.63, 3.8) is 0 Å². The average Bonchev–Trinajstić information content (AvgIpc) is 2.53. The van der Waals surface area contributed by atoms with Crippen LogP contribution < -0.4 is 16.4 Å². The number of aromatic nitrogens is 1. The molecule has 1 aromatic rings. The van der Waals surface area contributed by atoms with E-state index in [0.29, 0.717) is 5.82 Å². The molecule has 1 aromatic heterocycles. The van der Waals surface area contributed by atoms with E-state index in [1.807, 2.05) is 27.0 Å². The summed E-state index contributed by atoms with van der Waals surface area (Å²) in [5.41, 5.74) is 5.48. The zero-order valence-electron chi connectivity index (χ0n) is 10.5. The number of thioether (sulfide) groups is 1. The van der Waals surface area contributed by atoms with Crippen molar-refractivity contribution in [1.82, 2.24) is 9.69 Å². The van der Waals surface area contributed by atoms with Gasteiger partial charge >= 0.3 is 0 Å². The molecule has 0 aromatic carbocycles. The normalized spacial score (nSPS) is 11.3. The molecule has 4 N–H and O–H groups in total. The molecule has 0 aliphatic carbocycles. The highest BCUT2D eigenvalue weighted by Gasteiger charge is 2.15. The van der Waals surface area contributed by atoms with Gasteiger partial charge in [-0.3, -0.25) is 4.79 Å². The first-order chi connectivity index (χ1) is 7.83. The van der Waals surface area contributed by atoms with Gasteiger partial charge in [-0.15, -0.1) is 11.8 Å². The van der Waals surface area contributed by atoms with Gasteiger partial charge in [0.15, 0.2) is 5.82 Å². The molecular weight excluding hydrogens is 256 g/mol. The van der Waals surface area contributed by atoms with Crippen molar-refractivity contribution < 1.29 is 4.79 Å². The first kappa shape index (κ1) is 14.1. The summed E-state index contributed by atoms with van der Waals surface area (Å²) in [7, 11) is 0. The predicted octanol–water partition coefficient (Wildman–Crippen LogP) is 1.77. The number of amides is 1. The largest absolute Gasteiger partial charge is 0.382 e. The molecule has 17 heavy (non-hydrogen) atoms. The van der Waals surface area contributed by atoms with Gasteiger partial charge in [0.05, 0.1) is 11.4 Å². The molecule has 0 spiro atoms. The fraction of sp³-hybridized carbons (Fsp3) is 0.600. The lowest BCUT2D eigenvalue weighted by Crippen LogP contribution is -2.43. The van der Waals surface area contributed by atoms with E-state index in [9.17, 15) is 4.79 Å². The molecule has 5 nitrogen and oxygen atoms in total. The van der Waals surface area contributed by atoms with Crippen LogP contribution in [0.3, 0.4) is 0 Å². The molecule has 1 rings (SSSR count).